The third-order valence-corrected chi connectivity index (χ3v) is 6.47. The number of methoxy groups -OCH3 is 1. The Labute approximate surface area is 188 Å². The molecule has 32 heavy (non-hydrogen) atoms. The van der Waals surface area contributed by atoms with Crippen LogP contribution >= 0.6 is 0 Å². The fourth-order valence-corrected chi connectivity index (χ4v) is 4.66. The number of carbonyl (C=O) groups is 1. The average Bonchev–Trinajstić information content (AvgIpc) is 3.47. The lowest BCUT2D eigenvalue weighted by Gasteiger charge is -2.28. The van der Waals surface area contributed by atoms with E-state index in [2.05, 4.69) is 10.2 Å². The first kappa shape index (κ1) is 21.3. The molecule has 0 radical (unpaired) electrons. The van der Waals surface area contributed by atoms with Crippen molar-refractivity contribution < 1.29 is 23.7 Å². The second-order valence-corrected chi connectivity index (χ2v) is 8.78. The van der Waals surface area contributed by atoms with Gasteiger partial charge in [0.25, 0.3) is 6.47 Å². The van der Waals surface area contributed by atoms with E-state index in [1.165, 1.54) is 25.9 Å². The zero-order valence-corrected chi connectivity index (χ0v) is 18.6. The van der Waals surface area contributed by atoms with Crippen LogP contribution in [-0.2, 0) is 20.9 Å². The fourth-order valence-electron chi connectivity index (χ4n) is 4.66. The topological polar surface area (TPSA) is 82.2 Å². The second-order valence-electron chi connectivity index (χ2n) is 8.78. The van der Waals surface area contributed by atoms with Gasteiger partial charge in [-0.3, -0.25) is 4.79 Å². The normalized spacial score (nSPS) is 20.7. The number of fused-ring (bicyclic) bond motifs is 3. The van der Waals surface area contributed by atoms with Gasteiger partial charge in [0.15, 0.2) is 17.6 Å². The molecule has 8 nitrogen and oxygen atoms in total. The van der Waals surface area contributed by atoms with E-state index in [0.717, 1.165) is 53.7 Å². The van der Waals surface area contributed by atoms with E-state index in [9.17, 15) is 4.79 Å². The van der Waals surface area contributed by atoms with E-state index >= 15 is 0 Å². The van der Waals surface area contributed by atoms with E-state index in [1.807, 2.05) is 12.1 Å². The summed E-state index contributed by atoms with van der Waals surface area (Å²) in [6.07, 6.45) is 5.37. The summed E-state index contributed by atoms with van der Waals surface area (Å²) in [7, 11) is 1.64. The van der Waals surface area contributed by atoms with Crippen molar-refractivity contribution >= 4 is 23.2 Å². The van der Waals surface area contributed by atoms with Crippen molar-refractivity contribution in [1.82, 2.24) is 9.88 Å². The van der Waals surface area contributed by atoms with Crippen molar-refractivity contribution in [2.45, 2.75) is 50.9 Å². The van der Waals surface area contributed by atoms with Crippen LogP contribution in [0.15, 0.2) is 12.1 Å². The molecule has 1 N–H and O–H groups in total. The van der Waals surface area contributed by atoms with Gasteiger partial charge in [-0.25, -0.2) is 4.98 Å². The quantitative estimate of drug-likeness (QED) is 0.444. The molecule has 2 aromatic rings. The maximum absolute atomic E-state index is 11.2. The lowest BCUT2D eigenvalue weighted by molar-refractivity contribution is -0.138. The highest BCUT2D eigenvalue weighted by Crippen LogP contribution is 2.42. The Hall–Kier alpha value is -2.58. The molecule has 172 valence electrons. The highest BCUT2D eigenvalue weighted by atomic mass is 16.6. The Bertz CT molecular complexity index is 972. The largest absolute Gasteiger partial charge is 0.493 e. The molecule has 1 saturated heterocycles. The molecule has 1 unspecified atom stereocenters. The van der Waals surface area contributed by atoms with Gasteiger partial charge in [-0.15, -0.1) is 0 Å². The minimum atomic E-state index is -0.474. The summed E-state index contributed by atoms with van der Waals surface area (Å²) >= 11 is 0. The first-order chi connectivity index (χ1) is 15.8. The van der Waals surface area contributed by atoms with Gasteiger partial charge in [-0.05, 0) is 51.3 Å². The standard InChI is InChI=1S/C24H31N3O5/c1-29-20-11-17-19(12-21(20)31-10-4-9-27-7-2-3-8-27)26-24(25-16-5-6-16)18-13-30-14-22(23(17)18)32-15-28/h11-12,15-16,22H,2-10,13-14H2,1H3,(H,25,26). The highest BCUT2D eigenvalue weighted by molar-refractivity contribution is 5.89. The Balaban J connectivity index is 1.46. The summed E-state index contributed by atoms with van der Waals surface area (Å²) in [4.78, 5) is 18.6. The maximum Gasteiger partial charge on any atom is 0.293 e. The molecule has 2 fully saturated rings. The van der Waals surface area contributed by atoms with E-state index in [-0.39, 0.29) is 0 Å². The number of likely N-dealkylation sites (tertiary alicyclic amines) is 1. The predicted molar refractivity (Wildman–Crippen MR) is 120 cm³/mol. The number of rotatable bonds is 10. The summed E-state index contributed by atoms with van der Waals surface area (Å²) in [6, 6.07) is 4.33. The van der Waals surface area contributed by atoms with Crippen LogP contribution in [-0.4, -0.2) is 62.4 Å². The Morgan fingerprint density at radius 3 is 2.84 bits per heavy atom. The number of pyridine rings is 1. The maximum atomic E-state index is 11.2. The van der Waals surface area contributed by atoms with Crippen LogP contribution in [0.5, 0.6) is 11.5 Å². The molecule has 1 aromatic carbocycles. The molecule has 1 atom stereocenters. The molecular weight excluding hydrogens is 410 g/mol. The minimum absolute atomic E-state index is 0.324. The SMILES string of the molecule is COc1cc2c3c(c(NC4CC4)nc2cc1OCCCN1CCCC1)COCC3OC=O. The van der Waals surface area contributed by atoms with Gasteiger partial charge in [-0.2, -0.15) is 0 Å². The Morgan fingerprint density at radius 2 is 2.09 bits per heavy atom. The lowest BCUT2D eigenvalue weighted by atomic mass is 9.96. The number of nitrogens with zero attached hydrogens (tertiary/aromatic N) is 2. The van der Waals surface area contributed by atoms with Crippen LogP contribution in [0.2, 0.25) is 0 Å². The molecule has 3 heterocycles. The van der Waals surface area contributed by atoms with E-state index in [1.54, 1.807) is 7.11 Å². The van der Waals surface area contributed by atoms with Gasteiger partial charge in [-0.1, -0.05) is 0 Å². The van der Waals surface area contributed by atoms with E-state index < -0.39 is 6.10 Å². The van der Waals surface area contributed by atoms with Crippen molar-refractivity contribution in [3.05, 3.63) is 23.3 Å². The molecule has 3 aliphatic rings. The summed E-state index contributed by atoms with van der Waals surface area (Å²) in [5.41, 5.74) is 2.68. The average molecular weight is 442 g/mol. The third-order valence-electron chi connectivity index (χ3n) is 6.47. The molecule has 0 bridgehead atoms. The second kappa shape index (κ2) is 9.50. The van der Waals surface area contributed by atoms with Crippen LogP contribution in [0.1, 0.15) is 49.3 Å². The molecule has 0 amide bonds. The van der Waals surface area contributed by atoms with E-state index in [4.69, 9.17) is 23.9 Å². The van der Waals surface area contributed by atoms with Gasteiger partial charge in [0, 0.05) is 35.2 Å². The predicted octanol–water partition coefficient (Wildman–Crippen LogP) is 3.43. The van der Waals surface area contributed by atoms with E-state index in [0.29, 0.717) is 43.8 Å². The van der Waals surface area contributed by atoms with Crippen molar-refractivity contribution in [2.75, 3.05) is 45.3 Å². The van der Waals surface area contributed by atoms with Gasteiger partial charge in [0.05, 0.1) is 32.4 Å². The van der Waals surface area contributed by atoms with Crippen LogP contribution in [0.25, 0.3) is 10.9 Å². The number of hydrogen-bond acceptors (Lipinski definition) is 8. The minimum Gasteiger partial charge on any atom is -0.493 e. The van der Waals surface area contributed by atoms with Crippen molar-refractivity contribution in [3.63, 3.8) is 0 Å². The lowest BCUT2D eigenvalue weighted by Crippen LogP contribution is -2.22. The molecule has 1 aliphatic carbocycles. The molecule has 0 spiro atoms. The monoisotopic (exact) mass is 441 g/mol. The van der Waals surface area contributed by atoms with Crippen molar-refractivity contribution in [3.8, 4) is 11.5 Å². The number of nitrogens with one attached hydrogen (secondary N) is 1. The molecule has 1 saturated carbocycles. The Kier molecular flexibility index (Phi) is 6.32. The summed E-state index contributed by atoms with van der Waals surface area (Å²) in [5, 5.41) is 4.42. The molecule has 2 aliphatic heterocycles. The smallest absolute Gasteiger partial charge is 0.293 e. The zero-order chi connectivity index (χ0) is 21.9. The zero-order valence-electron chi connectivity index (χ0n) is 18.6. The first-order valence-corrected chi connectivity index (χ1v) is 11.6. The summed E-state index contributed by atoms with van der Waals surface area (Å²) < 4.78 is 22.9. The van der Waals surface area contributed by atoms with Crippen LogP contribution < -0.4 is 14.8 Å². The van der Waals surface area contributed by atoms with Crippen molar-refractivity contribution in [1.29, 1.82) is 0 Å². The van der Waals surface area contributed by atoms with Crippen LogP contribution in [0, 0.1) is 0 Å². The van der Waals surface area contributed by atoms with Gasteiger partial charge >= 0.3 is 0 Å². The van der Waals surface area contributed by atoms with Gasteiger partial charge < -0.3 is 29.2 Å². The Morgan fingerprint density at radius 1 is 1.25 bits per heavy atom. The number of anilines is 1. The summed E-state index contributed by atoms with van der Waals surface area (Å²) in [6.45, 7) is 5.31. The molecule has 5 rings (SSSR count). The fraction of sp³-hybridized carbons (Fsp3) is 0.583. The van der Waals surface area contributed by atoms with Crippen LogP contribution in [0.4, 0.5) is 5.82 Å². The first-order valence-electron chi connectivity index (χ1n) is 11.6. The number of ether oxygens (including phenoxy) is 4. The third kappa shape index (κ3) is 4.47. The number of carbonyl (C=O) groups excluding carboxylic acids is 1. The number of hydrogen-bond donors (Lipinski definition) is 1. The van der Waals surface area contributed by atoms with Crippen molar-refractivity contribution in [2.24, 2.45) is 0 Å². The number of benzene rings is 1. The molecule has 8 heteroatoms. The van der Waals surface area contributed by atoms with Crippen LogP contribution in [0.3, 0.4) is 0 Å². The highest BCUT2D eigenvalue weighted by Gasteiger charge is 2.31. The molecule has 1 aromatic heterocycles. The van der Waals surface area contributed by atoms with Gasteiger partial charge in [0.1, 0.15) is 5.82 Å². The number of aromatic nitrogens is 1. The van der Waals surface area contributed by atoms with Gasteiger partial charge in [0.2, 0.25) is 0 Å². The summed E-state index contributed by atoms with van der Waals surface area (Å²) in [5.74, 6) is 2.15. The molecular formula is C24H31N3O5.